The van der Waals surface area contributed by atoms with E-state index in [1.165, 1.54) is 13.3 Å². The van der Waals surface area contributed by atoms with Gasteiger partial charge in [-0.15, -0.1) is 0 Å². The van der Waals surface area contributed by atoms with Gasteiger partial charge < -0.3 is 18.9 Å². The van der Waals surface area contributed by atoms with E-state index in [1.54, 1.807) is 72.8 Å². The predicted octanol–water partition coefficient (Wildman–Crippen LogP) is 5.42. The number of unbranched alkanes of at least 4 members (excludes halogenated alkanes) is 1. The van der Waals surface area contributed by atoms with Crippen molar-refractivity contribution in [3.05, 3.63) is 96.1 Å². The number of rotatable bonds is 13. The standard InChI is InChI=1S/C29H30N2O6/c1-4-6-18-36-25-14-10-23(11-15-25)29(33)37-26-16-7-21(19-27(26)34-3)20-30-31-28(32)22-8-12-24(13-9-22)35-17-5-2/h5,7-16,19-20H,2,4,6,17-18H2,1,3H3,(H,31,32)/b30-20+. The highest BCUT2D eigenvalue weighted by Gasteiger charge is 2.13. The van der Waals surface area contributed by atoms with Crippen molar-refractivity contribution >= 4 is 18.1 Å². The van der Waals surface area contributed by atoms with Crippen LogP contribution in [0.4, 0.5) is 0 Å². The number of methoxy groups -OCH3 is 1. The Morgan fingerprint density at radius 3 is 2.24 bits per heavy atom. The fraction of sp³-hybridized carbons (Fsp3) is 0.207. The van der Waals surface area contributed by atoms with E-state index in [4.69, 9.17) is 18.9 Å². The van der Waals surface area contributed by atoms with E-state index < -0.39 is 5.97 Å². The van der Waals surface area contributed by atoms with Gasteiger partial charge in [0.15, 0.2) is 11.5 Å². The van der Waals surface area contributed by atoms with Crippen molar-refractivity contribution in [3.8, 4) is 23.0 Å². The number of carbonyl (C=O) groups is 2. The van der Waals surface area contributed by atoms with Gasteiger partial charge in [0, 0.05) is 5.56 Å². The summed E-state index contributed by atoms with van der Waals surface area (Å²) in [4.78, 5) is 24.9. The minimum absolute atomic E-state index is 0.260. The van der Waals surface area contributed by atoms with Gasteiger partial charge in [0.25, 0.3) is 5.91 Å². The van der Waals surface area contributed by atoms with Gasteiger partial charge in [-0.25, -0.2) is 10.2 Å². The van der Waals surface area contributed by atoms with Crippen molar-refractivity contribution in [1.82, 2.24) is 5.43 Å². The fourth-order valence-electron chi connectivity index (χ4n) is 3.12. The van der Waals surface area contributed by atoms with Crippen LogP contribution in [-0.4, -0.2) is 38.4 Å². The average Bonchev–Trinajstić information content (AvgIpc) is 2.93. The normalized spacial score (nSPS) is 10.5. The summed E-state index contributed by atoms with van der Waals surface area (Å²) in [6.07, 6.45) is 5.12. The topological polar surface area (TPSA) is 95.5 Å². The number of hydrogen-bond donors (Lipinski definition) is 1. The largest absolute Gasteiger partial charge is 0.494 e. The Morgan fingerprint density at radius 1 is 0.919 bits per heavy atom. The SMILES string of the molecule is C=CCOc1ccc(C(=O)N/N=C/c2ccc(OC(=O)c3ccc(OCCCC)cc3)c(OC)c2)cc1. The summed E-state index contributed by atoms with van der Waals surface area (Å²) in [7, 11) is 1.47. The van der Waals surface area contributed by atoms with Crippen molar-refractivity contribution < 1.29 is 28.5 Å². The number of hydrazone groups is 1. The molecule has 37 heavy (non-hydrogen) atoms. The summed E-state index contributed by atoms with van der Waals surface area (Å²) in [5.74, 6) is 1.06. The average molecular weight is 503 g/mol. The summed E-state index contributed by atoms with van der Waals surface area (Å²) in [6, 6.07) is 18.4. The molecule has 3 aromatic carbocycles. The first-order valence-corrected chi connectivity index (χ1v) is 11.8. The molecule has 1 amide bonds. The first-order chi connectivity index (χ1) is 18.0. The lowest BCUT2D eigenvalue weighted by Crippen LogP contribution is -2.17. The molecule has 0 aliphatic carbocycles. The lowest BCUT2D eigenvalue weighted by atomic mass is 10.2. The molecule has 0 unspecified atom stereocenters. The third-order valence-corrected chi connectivity index (χ3v) is 5.11. The van der Waals surface area contributed by atoms with E-state index in [-0.39, 0.29) is 11.7 Å². The second-order valence-electron chi connectivity index (χ2n) is 7.85. The van der Waals surface area contributed by atoms with Crippen LogP contribution in [0.3, 0.4) is 0 Å². The Bertz CT molecular complexity index is 1220. The van der Waals surface area contributed by atoms with Gasteiger partial charge in [-0.3, -0.25) is 4.79 Å². The molecular weight excluding hydrogens is 472 g/mol. The molecule has 8 nitrogen and oxygen atoms in total. The molecule has 0 aliphatic rings. The molecule has 0 fully saturated rings. The van der Waals surface area contributed by atoms with Crippen LogP contribution >= 0.6 is 0 Å². The molecule has 0 aliphatic heterocycles. The molecule has 1 N–H and O–H groups in total. The van der Waals surface area contributed by atoms with Crippen LogP contribution in [-0.2, 0) is 0 Å². The van der Waals surface area contributed by atoms with Crippen LogP contribution in [0, 0.1) is 0 Å². The van der Waals surface area contributed by atoms with Crippen LogP contribution in [0.2, 0.25) is 0 Å². The molecule has 3 aromatic rings. The molecule has 0 aromatic heterocycles. The molecule has 0 heterocycles. The van der Waals surface area contributed by atoms with E-state index in [1.807, 2.05) is 0 Å². The molecule has 0 radical (unpaired) electrons. The zero-order chi connectivity index (χ0) is 26.5. The summed E-state index contributed by atoms with van der Waals surface area (Å²) in [5, 5.41) is 3.99. The van der Waals surface area contributed by atoms with Crippen LogP contribution in [0.1, 0.15) is 46.0 Å². The molecule has 0 saturated heterocycles. The quantitative estimate of drug-likeness (QED) is 0.0837. The Kier molecular flexibility index (Phi) is 10.3. The van der Waals surface area contributed by atoms with Crippen molar-refractivity contribution in [1.29, 1.82) is 0 Å². The van der Waals surface area contributed by atoms with Crippen molar-refractivity contribution in [2.24, 2.45) is 5.10 Å². The second kappa shape index (κ2) is 14.1. The highest BCUT2D eigenvalue weighted by molar-refractivity contribution is 5.95. The van der Waals surface area contributed by atoms with Crippen molar-refractivity contribution in [2.45, 2.75) is 19.8 Å². The first-order valence-electron chi connectivity index (χ1n) is 11.8. The highest BCUT2D eigenvalue weighted by atomic mass is 16.6. The van der Waals surface area contributed by atoms with Crippen molar-refractivity contribution in [2.75, 3.05) is 20.3 Å². The van der Waals surface area contributed by atoms with E-state index in [0.717, 1.165) is 12.8 Å². The van der Waals surface area contributed by atoms with E-state index in [9.17, 15) is 9.59 Å². The van der Waals surface area contributed by atoms with E-state index >= 15 is 0 Å². The van der Waals surface area contributed by atoms with Crippen LogP contribution in [0.5, 0.6) is 23.0 Å². The minimum Gasteiger partial charge on any atom is -0.494 e. The predicted molar refractivity (Wildman–Crippen MR) is 142 cm³/mol. The van der Waals surface area contributed by atoms with Gasteiger partial charge in [-0.2, -0.15) is 5.10 Å². The van der Waals surface area contributed by atoms with Gasteiger partial charge in [0.05, 0.1) is 25.5 Å². The van der Waals surface area contributed by atoms with Crippen molar-refractivity contribution in [3.63, 3.8) is 0 Å². The maximum atomic E-state index is 12.6. The van der Waals surface area contributed by atoms with Gasteiger partial charge in [0.2, 0.25) is 0 Å². The summed E-state index contributed by atoms with van der Waals surface area (Å²) in [5.41, 5.74) is 3.93. The highest BCUT2D eigenvalue weighted by Crippen LogP contribution is 2.28. The Hall–Kier alpha value is -4.59. The smallest absolute Gasteiger partial charge is 0.343 e. The van der Waals surface area contributed by atoms with Gasteiger partial charge >= 0.3 is 5.97 Å². The second-order valence-corrected chi connectivity index (χ2v) is 7.85. The van der Waals surface area contributed by atoms with Gasteiger partial charge in [-0.05, 0) is 78.7 Å². The van der Waals surface area contributed by atoms with Gasteiger partial charge in [-0.1, -0.05) is 26.0 Å². The van der Waals surface area contributed by atoms with Crippen LogP contribution in [0.15, 0.2) is 84.5 Å². The van der Waals surface area contributed by atoms with E-state index in [2.05, 4.69) is 24.0 Å². The molecular formula is C29H30N2O6. The number of ether oxygens (including phenoxy) is 4. The summed E-state index contributed by atoms with van der Waals surface area (Å²) < 4.78 is 21.9. The fourth-order valence-corrected chi connectivity index (χ4v) is 3.12. The summed E-state index contributed by atoms with van der Waals surface area (Å²) >= 11 is 0. The molecule has 0 atom stereocenters. The summed E-state index contributed by atoms with van der Waals surface area (Å²) in [6.45, 7) is 6.71. The molecule has 0 spiro atoms. The zero-order valence-corrected chi connectivity index (χ0v) is 20.9. The lowest BCUT2D eigenvalue weighted by molar-refractivity contribution is 0.0729. The number of nitrogens with zero attached hydrogens (tertiary/aromatic N) is 1. The molecule has 0 saturated carbocycles. The lowest BCUT2D eigenvalue weighted by Gasteiger charge is -2.10. The Labute approximate surface area is 216 Å². The number of benzene rings is 3. The maximum Gasteiger partial charge on any atom is 0.343 e. The first kappa shape index (κ1) is 27.0. The molecule has 192 valence electrons. The van der Waals surface area contributed by atoms with E-state index in [0.29, 0.717) is 47.2 Å². The number of nitrogens with one attached hydrogen (secondary N) is 1. The van der Waals surface area contributed by atoms with Crippen LogP contribution in [0.25, 0.3) is 0 Å². The maximum absolute atomic E-state index is 12.6. The van der Waals surface area contributed by atoms with Gasteiger partial charge in [0.1, 0.15) is 18.1 Å². The third-order valence-electron chi connectivity index (χ3n) is 5.11. The Morgan fingerprint density at radius 2 is 1.59 bits per heavy atom. The number of amides is 1. The molecule has 8 heteroatoms. The van der Waals surface area contributed by atoms with Crippen LogP contribution < -0.4 is 24.4 Å². The Balaban J connectivity index is 1.57. The number of esters is 1. The minimum atomic E-state index is -0.520. The third kappa shape index (κ3) is 8.24. The monoisotopic (exact) mass is 502 g/mol. The molecule has 3 rings (SSSR count). The number of hydrogen-bond acceptors (Lipinski definition) is 7. The molecule has 0 bridgehead atoms. The zero-order valence-electron chi connectivity index (χ0n) is 20.9. The number of carbonyl (C=O) groups excluding carboxylic acids is 2.